The van der Waals surface area contributed by atoms with E-state index >= 15 is 0 Å². The summed E-state index contributed by atoms with van der Waals surface area (Å²) in [5.41, 5.74) is 1.91. The zero-order valence-corrected chi connectivity index (χ0v) is 13.4. The van der Waals surface area contributed by atoms with Gasteiger partial charge in [0, 0.05) is 5.56 Å². The van der Waals surface area contributed by atoms with Crippen LogP contribution in [0.3, 0.4) is 0 Å². The highest BCUT2D eigenvalue weighted by molar-refractivity contribution is 6.42. The topological polar surface area (TPSA) is 71.4 Å². The van der Waals surface area contributed by atoms with Crippen LogP contribution in [-0.2, 0) is 16.0 Å². The zero-order chi connectivity index (χ0) is 17.0. The van der Waals surface area contributed by atoms with Crippen LogP contribution in [0.2, 0.25) is 10.0 Å². The van der Waals surface area contributed by atoms with Crippen LogP contribution in [0.1, 0.15) is 27.9 Å². The number of Topliss-reactive ketones (excluding diaryl/α,β-unsaturated/α-hetero) is 2. The molecule has 0 unspecified atom stereocenters. The van der Waals surface area contributed by atoms with Gasteiger partial charge in [-0.05, 0) is 29.7 Å². The van der Waals surface area contributed by atoms with Crippen LogP contribution in [-0.4, -0.2) is 22.6 Å². The van der Waals surface area contributed by atoms with Crippen LogP contribution in [0.25, 0.3) is 0 Å². The Hall–Kier alpha value is -2.17. The predicted molar refractivity (Wildman–Crippen MR) is 87.3 cm³/mol. The van der Waals surface area contributed by atoms with Gasteiger partial charge < -0.3 is 5.11 Å². The lowest BCUT2D eigenvalue weighted by atomic mass is 9.99. The quantitative estimate of drug-likeness (QED) is 0.488. The number of carboxylic acids is 1. The van der Waals surface area contributed by atoms with E-state index in [1.54, 1.807) is 30.3 Å². The summed E-state index contributed by atoms with van der Waals surface area (Å²) < 4.78 is 0. The van der Waals surface area contributed by atoms with E-state index in [0.717, 1.165) is 11.1 Å². The minimum Gasteiger partial charge on any atom is -0.475 e. The van der Waals surface area contributed by atoms with E-state index in [0.29, 0.717) is 16.5 Å². The lowest BCUT2D eigenvalue weighted by molar-refractivity contribution is -0.148. The van der Waals surface area contributed by atoms with E-state index in [1.807, 2.05) is 12.1 Å². The molecule has 6 heteroatoms. The normalized spacial score (nSPS) is 10.3. The molecular weight excluding hydrogens is 339 g/mol. The van der Waals surface area contributed by atoms with Gasteiger partial charge in [-0.25, -0.2) is 4.79 Å². The molecule has 0 bridgehead atoms. The van der Waals surface area contributed by atoms with Crippen molar-refractivity contribution < 1.29 is 19.5 Å². The number of rotatable bonds is 6. The molecule has 0 radical (unpaired) electrons. The zero-order valence-electron chi connectivity index (χ0n) is 11.9. The molecule has 0 aliphatic carbocycles. The van der Waals surface area contributed by atoms with Crippen molar-refractivity contribution in [2.75, 3.05) is 0 Å². The molecule has 0 saturated carbocycles. The van der Waals surface area contributed by atoms with E-state index in [1.165, 1.54) is 0 Å². The molecular formula is C17H12Cl2O4. The summed E-state index contributed by atoms with van der Waals surface area (Å²) in [7, 11) is 0. The van der Waals surface area contributed by atoms with Crippen molar-refractivity contribution in [1.82, 2.24) is 0 Å². The molecule has 0 heterocycles. The average molecular weight is 351 g/mol. The van der Waals surface area contributed by atoms with Crippen molar-refractivity contribution in [2.24, 2.45) is 0 Å². The van der Waals surface area contributed by atoms with E-state index in [-0.39, 0.29) is 5.56 Å². The molecule has 0 aliphatic heterocycles. The van der Waals surface area contributed by atoms with Crippen LogP contribution in [0.15, 0.2) is 42.5 Å². The molecule has 118 valence electrons. The monoisotopic (exact) mass is 350 g/mol. The third-order valence-electron chi connectivity index (χ3n) is 3.23. The Morgan fingerprint density at radius 2 is 1.70 bits per heavy atom. The molecule has 0 saturated heterocycles. The first-order chi connectivity index (χ1) is 10.9. The summed E-state index contributed by atoms with van der Waals surface area (Å²) in [6.45, 7) is 0. The van der Waals surface area contributed by atoms with Crippen LogP contribution < -0.4 is 0 Å². The Labute approximate surface area is 142 Å². The first-order valence-electron chi connectivity index (χ1n) is 6.69. The third-order valence-corrected chi connectivity index (χ3v) is 4.09. The summed E-state index contributed by atoms with van der Waals surface area (Å²) in [6.07, 6.45) is -0.190. The van der Waals surface area contributed by atoms with E-state index in [4.69, 9.17) is 28.3 Å². The second kappa shape index (κ2) is 7.40. The first-order valence-corrected chi connectivity index (χ1v) is 7.45. The van der Waals surface area contributed by atoms with Crippen molar-refractivity contribution in [2.45, 2.75) is 12.8 Å². The number of carboxylic acid groups (broad SMARTS) is 1. The molecule has 0 atom stereocenters. The standard InChI is InChI=1S/C17H12Cl2O4/c18-13-6-2-5-12(16(13)19)8-10-3-1-4-11(7-10)14(20)9-15(21)17(22)23/h1-7H,8-9H2,(H,22,23). The number of hydrogen-bond donors (Lipinski definition) is 1. The van der Waals surface area contributed by atoms with E-state index < -0.39 is 24.0 Å². The highest BCUT2D eigenvalue weighted by atomic mass is 35.5. The molecule has 23 heavy (non-hydrogen) atoms. The second-order valence-corrected chi connectivity index (χ2v) is 5.70. The Bertz CT molecular complexity index is 784. The number of benzene rings is 2. The number of carbonyl (C=O) groups is 3. The molecule has 0 fully saturated rings. The molecule has 0 aliphatic rings. The van der Waals surface area contributed by atoms with Gasteiger partial charge in [-0.15, -0.1) is 0 Å². The van der Waals surface area contributed by atoms with Gasteiger partial charge in [-0.2, -0.15) is 0 Å². The maximum absolute atomic E-state index is 12.0. The second-order valence-electron chi connectivity index (χ2n) is 4.92. The predicted octanol–water partition coefficient (Wildman–Crippen LogP) is 3.81. The van der Waals surface area contributed by atoms with Gasteiger partial charge in [0.05, 0.1) is 16.5 Å². The smallest absolute Gasteiger partial charge is 0.372 e. The fourth-order valence-electron chi connectivity index (χ4n) is 2.08. The fraction of sp³-hybridized carbons (Fsp3) is 0.118. The first kappa shape index (κ1) is 17.2. The number of aliphatic carboxylic acids is 1. The van der Waals surface area contributed by atoms with Gasteiger partial charge in [0.1, 0.15) is 0 Å². The van der Waals surface area contributed by atoms with Gasteiger partial charge in [-0.3, -0.25) is 9.59 Å². The van der Waals surface area contributed by atoms with E-state index in [2.05, 4.69) is 0 Å². The highest BCUT2D eigenvalue weighted by Gasteiger charge is 2.18. The lowest BCUT2D eigenvalue weighted by Crippen LogP contribution is -2.17. The van der Waals surface area contributed by atoms with Crippen molar-refractivity contribution in [1.29, 1.82) is 0 Å². The summed E-state index contributed by atoms with van der Waals surface area (Å²) in [5.74, 6) is -3.27. The molecule has 0 spiro atoms. The van der Waals surface area contributed by atoms with Crippen LogP contribution >= 0.6 is 23.2 Å². The van der Waals surface area contributed by atoms with Crippen molar-refractivity contribution in [3.8, 4) is 0 Å². The van der Waals surface area contributed by atoms with Crippen LogP contribution in [0, 0.1) is 0 Å². The lowest BCUT2D eigenvalue weighted by Gasteiger charge is -2.07. The van der Waals surface area contributed by atoms with Crippen molar-refractivity contribution >= 4 is 40.7 Å². The summed E-state index contributed by atoms with van der Waals surface area (Å²) in [6, 6.07) is 11.9. The Balaban J connectivity index is 2.20. The molecule has 2 aromatic carbocycles. The molecule has 2 rings (SSSR count). The van der Waals surface area contributed by atoms with Gasteiger partial charge in [0.25, 0.3) is 0 Å². The van der Waals surface area contributed by atoms with Gasteiger partial charge in [0.2, 0.25) is 5.78 Å². The summed E-state index contributed by atoms with van der Waals surface area (Å²) in [4.78, 5) is 33.6. The number of carbonyl (C=O) groups excluding carboxylic acids is 2. The minimum atomic E-state index is -1.61. The Kier molecular flexibility index (Phi) is 5.53. The highest BCUT2D eigenvalue weighted by Crippen LogP contribution is 2.27. The number of ketones is 2. The maximum atomic E-state index is 12.0. The van der Waals surface area contributed by atoms with Crippen LogP contribution in [0.5, 0.6) is 0 Å². The largest absolute Gasteiger partial charge is 0.475 e. The molecule has 0 amide bonds. The average Bonchev–Trinajstić information content (AvgIpc) is 2.52. The van der Waals surface area contributed by atoms with Gasteiger partial charge in [0.15, 0.2) is 5.78 Å². The Morgan fingerprint density at radius 1 is 1.00 bits per heavy atom. The third kappa shape index (κ3) is 4.41. The minimum absolute atomic E-state index is 0.287. The van der Waals surface area contributed by atoms with E-state index in [9.17, 15) is 14.4 Å². The van der Waals surface area contributed by atoms with Crippen molar-refractivity contribution in [3.05, 3.63) is 69.2 Å². The fourth-order valence-corrected chi connectivity index (χ4v) is 2.47. The molecule has 2 aromatic rings. The number of hydrogen-bond acceptors (Lipinski definition) is 3. The molecule has 0 aromatic heterocycles. The molecule has 4 nitrogen and oxygen atoms in total. The molecule has 1 N–H and O–H groups in total. The van der Waals surface area contributed by atoms with Crippen LogP contribution in [0.4, 0.5) is 0 Å². The Morgan fingerprint density at radius 3 is 2.39 bits per heavy atom. The SMILES string of the molecule is O=C(O)C(=O)CC(=O)c1cccc(Cc2cccc(Cl)c2Cl)c1. The number of halogens is 2. The maximum Gasteiger partial charge on any atom is 0.372 e. The summed E-state index contributed by atoms with van der Waals surface area (Å²) in [5, 5.41) is 9.45. The van der Waals surface area contributed by atoms with Gasteiger partial charge >= 0.3 is 5.97 Å². The van der Waals surface area contributed by atoms with Crippen molar-refractivity contribution in [3.63, 3.8) is 0 Å². The van der Waals surface area contributed by atoms with Gasteiger partial charge in [-0.1, -0.05) is 53.5 Å². The summed E-state index contributed by atoms with van der Waals surface area (Å²) >= 11 is 12.1.